The molecule has 0 amide bonds. The van der Waals surface area contributed by atoms with Crippen molar-refractivity contribution in [3.63, 3.8) is 0 Å². The standard InChI is InChI=1S/C13H24N2OS/c1-5-6-15-11(9-16-13(2,3)4)7-12-8-14-10-17-12/h8,10-11,15H,5-7,9H2,1-4H3. The van der Waals surface area contributed by atoms with E-state index in [1.807, 2.05) is 11.7 Å². The number of nitrogens with zero attached hydrogens (tertiary/aromatic N) is 1. The van der Waals surface area contributed by atoms with Crippen LogP contribution in [-0.4, -0.2) is 29.8 Å². The van der Waals surface area contributed by atoms with Gasteiger partial charge in [-0.1, -0.05) is 6.92 Å². The monoisotopic (exact) mass is 256 g/mol. The van der Waals surface area contributed by atoms with E-state index in [1.165, 1.54) is 4.88 Å². The van der Waals surface area contributed by atoms with E-state index in [-0.39, 0.29) is 5.60 Å². The van der Waals surface area contributed by atoms with Crippen LogP contribution in [0.1, 0.15) is 39.0 Å². The molecule has 0 spiro atoms. The van der Waals surface area contributed by atoms with Crippen LogP contribution in [-0.2, 0) is 11.2 Å². The van der Waals surface area contributed by atoms with Crippen molar-refractivity contribution in [2.24, 2.45) is 0 Å². The summed E-state index contributed by atoms with van der Waals surface area (Å²) in [5.41, 5.74) is 1.82. The summed E-state index contributed by atoms with van der Waals surface area (Å²) in [6.45, 7) is 10.3. The van der Waals surface area contributed by atoms with Crippen LogP contribution in [0.15, 0.2) is 11.7 Å². The summed E-state index contributed by atoms with van der Waals surface area (Å²) in [7, 11) is 0. The minimum Gasteiger partial charge on any atom is -0.374 e. The van der Waals surface area contributed by atoms with Crippen LogP contribution in [0.25, 0.3) is 0 Å². The van der Waals surface area contributed by atoms with E-state index in [9.17, 15) is 0 Å². The van der Waals surface area contributed by atoms with Gasteiger partial charge >= 0.3 is 0 Å². The van der Waals surface area contributed by atoms with Gasteiger partial charge in [-0.2, -0.15) is 0 Å². The van der Waals surface area contributed by atoms with Crippen molar-refractivity contribution in [3.8, 4) is 0 Å². The molecular formula is C13H24N2OS. The van der Waals surface area contributed by atoms with Gasteiger partial charge in [0.25, 0.3) is 0 Å². The van der Waals surface area contributed by atoms with E-state index >= 15 is 0 Å². The summed E-state index contributed by atoms with van der Waals surface area (Å²) in [6, 6.07) is 0.384. The van der Waals surface area contributed by atoms with E-state index in [0.717, 1.165) is 26.0 Å². The summed E-state index contributed by atoms with van der Waals surface area (Å²) >= 11 is 1.71. The van der Waals surface area contributed by atoms with E-state index in [0.29, 0.717) is 6.04 Å². The highest BCUT2D eigenvalue weighted by molar-refractivity contribution is 7.09. The highest BCUT2D eigenvalue weighted by Crippen LogP contribution is 2.12. The van der Waals surface area contributed by atoms with Crippen molar-refractivity contribution < 1.29 is 4.74 Å². The van der Waals surface area contributed by atoms with Gasteiger partial charge in [-0.05, 0) is 33.7 Å². The molecule has 0 radical (unpaired) electrons. The zero-order valence-corrected chi connectivity index (χ0v) is 12.1. The highest BCUT2D eigenvalue weighted by atomic mass is 32.1. The molecule has 1 aromatic heterocycles. The molecule has 1 unspecified atom stereocenters. The normalized spacial score (nSPS) is 13.9. The molecule has 1 heterocycles. The van der Waals surface area contributed by atoms with Crippen LogP contribution in [0.4, 0.5) is 0 Å². The van der Waals surface area contributed by atoms with Crippen molar-refractivity contribution >= 4 is 11.3 Å². The molecule has 0 aliphatic rings. The third kappa shape index (κ3) is 6.76. The Balaban J connectivity index is 2.42. The van der Waals surface area contributed by atoms with Crippen molar-refractivity contribution in [1.29, 1.82) is 0 Å². The molecule has 98 valence electrons. The second-order valence-corrected chi connectivity index (χ2v) is 6.22. The predicted octanol–water partition coefficient (Wildman–Crippen LogP) is 2.87. The van der Waals surface area contributed by atoms with Gasteiger partial charge in [0.05, 0.1) is 17.7 Å². The number of aromatic nitrogens is 1. The van der Waals surface area contributed by atoms with Gasteiger partial charge in [-0.3, -0.25) is 4.98 Å². The van der Waals surface area contributed by atoms with E-state index in [4.69, 9.17) is 4.74 Å². The largest absolute Gasteiger partial charge is 0.374 e. The first-order chi connectivity index (χ1) is 8.01. The fraction of sp³-hybridized carbons (Fsp3) is 0.769. The number of ether oxygens (including phenoxy) is 1. The van der Waals surface area contributed by atoms with Crippen LogP contribution in [0, 0.1) is 0 Å². The van der Waals surface area contributed by atoms with Crippen molar-refractivity contribution in [3.05, 3.63) is 16.6 Å². The van der Waals surface area contributed by atoms with Gasteiger partial charge in [0.1, 0.15) is 0 Å². The lowest BCUT2D eigenvalue weighted by atomic mass is 10.1. The van der Waals surface area contributed by atoms with Crippen LogP contribution in [0.2, 0.25) is 0 Å². The van der Waals surface area contributed by atoms with E-state index in [1.54, 1.807) is 11.3 Å². The average molecular weight is 256 g/mol. The van der Waals surface area contributed by atoms with Gasteiger partial charge in [0.2, 0.25) is 0 Å². The molecule has 0 fully saturated rings. The zero-order chi connectivity index (χ0) is 12.7. The molecule has 4 heteroatoms. The fourth-order valence-corrected chi connectivity index (χ4v) is 2.15. The van der Waals surface area contributed by atoms with Crippen LogP contribution in [0.5, 0.6) is 0 Å². The van der Waals surface area contributed by atoms with E-state index < -0.39 is 0 Å². The Hall–Kier alpha value is -0.450. The smallest absolute Gasteiger partial charge is 0.0794 e. The summed E-state index contributed by atoms with van der Waals surface area (Å²) in [5.74, 6) is 0. The van der Waals surface area contributed by atoms with Crippen molar-refractivity contribution in [1.82, 2.24) is 10.3 Å². The Morgan fingerprint density at radius 3 is 2.76 bits per heavy atom. The summed E-state index contributed by atoms with van der Waals surface area (Å²) in [4.78, 5) is 5.43. The minimum absolute atomic E-state index is 0.0696. The molecule has 0 aromatic carbocycles. The first kappa shape index (κ1) is 14.6. The minimum atomic E-state index is -0.0696. The van der Waals surface area contributed by atoms with Crippen LogP contribution < -0.4 is 5.32 Å². The maximum Gasteiger partial charge on any atom is 0.0794 e. The summed E-state index contributed by atoms with van der Waals surface area (Å²) in [5, 5.41) is 3.53. The molecule has 0 saturated heterocycles. The fourth-order valence-electron chi connectivity index (χ4n) is 1.47. The molecule has 1 atom stereocenters. The number of thiazole rings is 1. The van der Waals surface area contributed by atoms with Gasteiger partial charge in [-0.15, -0.1) is 11.3 Å². The maximum absolute atomic E-state index is 5.86. The third-order valence-electron chi connectivity index (χ3n) is 2.33. The quantitative estimate of drug-likeness (QED) is 0.814. The summed E-state index contributed by atoms with van der Waals surface area (Å²) < 4.78 is 5.86. The lowest BCUT2D eigenvalue weighted by Gasteiger charge is -2.25. The Morgan fingerprint density at radius 1 is 1.47 bits per heavy atom. The number of rotatable bonds is 7. The number of hydrogen-bond donors (Lipinski definition) is 1. The Bertz CT molecular complexity index is 293. The predicted molar refractivity (Wildman–Crippen MR) is 73.6 cm³/mol. The molecule has 0 bridgehead atoms. The summed E-state index contributed by atoms with van der Waals surface area (Å²) in [6.07, 6.45) is 4.10. The lowest BCUT2D eigenvalue weighted by molar-refractivity contribution is -0.0142. The second-order valence-electron chi connectivity index (χ2n) is 5.25. The first-order valence-electron chi connectivity index (χ1n) is 6.26. The van der Waals surface area contributed by atoms with Gasteiger partial charge in [-0.25, -0.2) is 0 Å². The number of hydrogen-bond acceptors (Lipinski definition) is 4. The van der Waals surface area contributed by atoms with Gasteiger partial charge < -0.3 is 10.1 Å². The maximum atomic E-state index is 5.86. The Kier molecular flexibility index (Phi) is 6.09. The molecule has 1 aromatic rings. The third-order valence-corrected chi connectivity index (χ3v) is 3.13. The molecule has 0 aliphatic heterocycles. The first-order valence-corrected chi connectivity index (χ1v) is 7.14. The second kappa shape index (κ2) is 7.09. The molecule has 3 nitrogen and oxygen atoms in total. The van der Waals surface area contributed by atoms with Crippen LogP contribution in [0.3, 0.4) is 0 Å². The zero-order valence-electron chi connectivity index (χ0n) is 11.3. The Morgan fingerprint density at radius 2 is 2.24 bits per heavy atom. The van der Waals surface area contributed by atoms with Gasteiger partial charge in [0.15, 0.2) is 0 Å². The Labute approximate surface area is 109 Å². The van der Waals surface area contributed by atoms with Crippen LogP contribution >= 0.6 is 11.3 Å². The molecule has 1 N–H and O–H groups in total. The molecule has 17 heavy (non-hydrogen) atoms. The topological polar surface area (TPSA) is 34.1 Å². The SMILES string of the molecule is CCCNC(COC(C)(C)C)Cc1cncs1. The van der Waals surface area contributed by atoms with Crippen molar-refractivity contribution in [2.75, 3.05) is 13.2 Å². The molecule has 0 saturated carbocycles. The molecular weight excluding hydrogens is 232 g/mol. The van der Waals surface area contributed by atoms with E-state index in [2.05, 4.69) is 38.0 Å². The average Bonchev–Trinajstić information content (AvgIpc) is 2.73. The highest BCUT2D eigenvalue weighted by Gasteiger charge is 2.15. The lowest BCUT2D eigenvalue weighted by Crippen LogP contribution is -2.38. The van der Waals surface area contributed by atoms with Gasteiger partial charge in [0, 0.05) is 23.5 Å². The number of nitrogens with one attached hydrogen (secondary N) is 1. The molecule has 0 aliphatic carbocycles. The molecule has 1 rings (SSSR count). The van der Waals surface area contributed by atoms with Crippen molar-refractivity contribution in [2.45, 2.75) is 52.2 Å².